The molecule has 37 heavy (non-hydrogen) atoms. The standard InChI is InChI=1S/C30H37N3O4/c1-30(2,3)17-28(34)33(19-22-10-8-9-21(15-22)18-31)20-24-11-6-7-12-25(24)32-29(35)23-13-14-26(36-4)27(16-23)37-5/h6-16H,17-20,31H2,1-5H3,(H,32,35). The molecule has 0 spiro atoms. The molecule has 196 valence electrons. The summed E-state index contributed by atoms with van der Waals surface area (Å²) >= 11 is 0. The minimum atomic E-state index is -0.281. The van der Waals surface area contributed by atoms with E-state index in [2.05, 4.69) is 26.1 Å². The molecule has 0 atom stereocenters. The molecular weight excluding hydrogens is 466 g/mol. The van der Waals surface area contributed by atoms with Crippen molar-refractivity contribution in [2.75, 3.05) is 19.5 Å². The first kappa shape index (κ1) is 27.7. The van der Waals surface area contributed by atoms with Gasteiger partial charge >= 0.3 is 0 Å². The number of ether oxygens (including phenoxy) is 2. The smallest absolute Gasteiger partial charge is 0.255 e. The number of amides is 2. The van der Waals surface area contributed by atoms with E-state index in [1.54, 1.807) is 25.3 Å². The van der Waals surface area contributed by atoms with Crippen LogP contribution in [-0.4, -0.2) is 30.9 Å². The molecule has 7 nitrogen and oxygen atoms in total. The molecule has 0 aromatic heterocycles. The van der Waals surface area contributed by atoms with Gasteiger partial charge in [0.15, 0.2) is 11.5 Å². The van der Waals surface area contributed by atoms with Crippen LogP contribution in [0.4, 0.5) is 5.69 Å². The van der Waals surface area contributed by atoms with E-state index in [9.17, 15) is 9.59 Å². The molecule has 0 fully saturated rings. The Kier molecular flexibility index (Phi) is 9.31. The summed E-state index contributed by atoms with van der Waals surface area (Å²) in [6.45, 7) is 7.39. The van der Waals surface area contributed by atoms with E-state index < -0.39 is 0 Å². The number of para-hydroxylation sites is 1. The van der Waals surface area contributed by atoms with Gasteiger partial charge in [-0.25, -0.2) is 0 Å². The lowest BCUT2D eigenvalue weighted by atomic mass is 9.91. The second-order valence-corrected chi connectivity index (χ2v) is 10.2. The van der Waals surface area contributed by atoms with Gasteiger partial charge in [0.25, 0.3) is 5.91 Å². The van der Waals surface area contributed by atoms with E-state index in [-0.39, 0.29) is 17.2 Å². The number of carbonyl (C=O) groups is 2. The molecule has 3 rings (SSSR count). The molecule has 0 bridgehead atoms. The predicted molar refractivity (Wildman–Crippen MR) is 147 cm³/mol. The van der Waals surface area contributed by atoms with Crippen molar-refractivity contribution < 1.29 is 19.1 Å². The minimum Gasteiger partial charge on any atom is -0.493 e. The molecular formula is C30H37N3O4. The van der Waals surface area contributed by atoms with Crippen molar-refractivity contribution in [2.24, 2.45) is 11.1 Å². The van der Waals surface area contributed by atoms with Crippen LogP contribution in [0.1, 0.15) is 54.2 Å². The van der Waals surface area contributed by atoms with Gasteiger partial charge in [-0.05, 0) is 46.4 Å². The maximum Gasteiger partial charge on any atom is 0.255 e. The summed E-state index contributed by atoms with van der Waals surface area (Å²) < 4.78 is 10.6. The number of methoxy groups -OCH3 is 2. The van der Waals surface area contributed by atoms with Gasteiger partial charge in [0, 0.05) is 37.3 Å². The predicted octanol–water partition coefficient (Wildman–Crippen LogP) is 5.38. The van der Waals surface area contributed by atoms with Crippen LogP contribution in [0.2, 0.25) is 0 Å². The van der Waals surface area contributed by atoms with Gasteiger partial charge in [-0.2, -0.15) is 0 Å². The van der Waals surface area contributed by atoms with Crippen molar-refractivity contribution in [3.63, 3.8) is 0 Å². The average Bonchev–Trinajstić information content (AvgIpc) is 2.88. The topological polar surface area (TPSA) is 93.9 Å². The Morgan fingerprint density at radius 3 is 2.24 bits per heavy atom. The van der Waals surface area contributed by atoms with Crippen molar-refractivity contribution in [3.05, 3.63) is 89.0 Å². The zero-order valence-corrected chi connectivity index (χ0v) is 22.3. The molecule has 0 heterocycles. The van der Waals surface area contributed by atoms with E-state index >= 15 is 0 Å². The Labute approximate surface area is 219 Å². The average molecular weight is 504 g/mol. The molecule has 0 aliphatic rings. The highest BCUT2D eigenvalue weighted by Crippen LogP contribution is 2.29. The zero-order valence-electron chi connectivity index (χ0n) is 22.3. The Balaban J connectivity index is 1.87. The number of anilines is 1. The third-order valence-electron chi connectivity index (χ3n) is 5.91. The third kappa shape index (κ3) is 7.82. The van der Waals surface area contributed by atoms with Crippen LogP contribution >= 0.6 is 0 Å². The monoisotopic (exact) mass is 503 g/mol. The van der Waals surface area contributed by atoms with Crippen LogP contribution in [-0.2, 0) is 24.4 Å². The van der Waals surface area contributed by atoms with Gasteiger partial charge in [-0.3, -0.25) is 9.59 Å². The van der Waals surface area contributed by atoms with Crippen LogP contribution in [0, 0.1) is 5.41 Å². The van der Waals surface area contributed by atoms with Crippen molar-refractivity contribution in [2.45, 2.75) is 46.8 Å². The summed E-state index contributed by atoms with van der Waals surface area (Å²) in [5.41, 5.74) is 9.62. The molecule has 7 heteroatoms. The van der Waals surface area contributed by atoms with Crippen molar-refractivity contribution in [3.8, 4) is 11.5 Å². The molecule has 0 aliphatic heterocycles. The number of benzene rings is 3. The number of nitrogens with one attached hydrogen (secondary N) is 1. The van der Waals surface area contributed by atoms with Crippen molar-refractivity contribution in [1.82, 2.24) is 4.90 Å². The van der Waals surface area contributed by atoms with Gasteiger partial charge < -0.3 is 25.4 Å². The number of rotatable bonds is 10. The molecule has 0 saturated carbocycles. The molecule has 2 amide bonds. The molecule has 0 radical (unpaired) electrons. The van der Waals surface area contributed by atoms with Crippen LogP contribution in [0.15, 0.2) is 66.7 Å². The van der Waals surface area contributed by atoms with E-state index in [0.29, 0.717) is 48.8 Å². The van der Waals surface area contributed by atoms with E-state index in [1.165, 1.54) is 7.11 Å². The Hall–Kier alpha value is -3.84. The maximum atomic E-state index is 13.4. The highest BCUT2D eigenvalue weighted by Gasteiger charge is 2.23. The summed E-state index contributed by atoms with van der Waals surface area (Å²) in [5.74, 6) is 0.788. The minimum absolute atomic E-state index is 0.0478. The lowest BCUT2D eigenvalue weighted by Gasteiger charge is -2.28. The number of hydrogen-bond donors (Lipinski definition) is 2. The highest BCUT2D eigenvalue weighted by molar-refractivity contribution is 6.05. The fourth-order valence-electron chi connectivity index (χ4n) is 4.03. The van der Waals surface area contributed by atoms with E-state index in [4.69, 9.17) is 15.2 Å². The molecule has 3 aromatic rings. The van der Waals surface area contributed by atoms with Gasteiger partial charge in [-0.15, -0.1) is 0 Å². The lowest BCUT2D eigenvalue weighted by molar-refractivity contribution is -0.134. The van der Waals surface area contributed by atoms with Crippen molar-refractivity contribution >= 4 is 17.5 Å². The zero-order chi connectivity index (χ0) is 27.0. The number of hydrogen-bond acceptors (Lipinski definition) is 5. The van der Waals surface area contributed by atoms with Crippen molar-refractivity contribution in [1.29, 1.82) is 0 Å². The van der Waals surface area contributed by atoms with Gasteiger partial charge in [0.2, 0.25) is 5.91 Å². The first-order chi connectivity index (χ1) is 17.6. The quantitative estimate of drug-likeness (QED) is 0.387. The fraction of sp³-hybridized carbons (Fsp3) is 0.333. The molecule has 0 aliphatic carbocycles. The maximum absolute atomic E-state index is 13.4. The summed E-state index contributed by atoms with van der Waals surface area (Å²) in [6, 6.07) is 20.5. The summed E-state index contributed by atoms with van der Waals surface area (Å²) in [6.07, 6.45) is 0.406. The number of carbonyl (C=O) groups excluding carboxylic acids is 2. The fourth-order valence-corrected chi connectivity index (χ4v) is 4.03. The SMILES string of the molecule is COc1ccc(C(=O)Nc2ccccc2CN(Cc2cccc(CN)c2)C(=O)CC(C)(C)C)cc1OC. The van der Waals surface area contributed by atoms with Crippen LogP contribution < -0.4 is 20.5 Å². The largest absolute Gasteiger partial charge is 0.493 e. The summed E-state index contributed by atoms with van der Waals surface area (Å²) in [7, 11) is 3.08. The Morgan fingerprint density at radius 2 is 1.57 bits per heavy atom. The summed E-state index contributed by atoms with van der Waals surface area (Å²) in [4.78, 5) is 28.3. The number of nitrogens with two attached hydrogens (primary N) is 1. The van der Waals surface area contributed by atoms with Crippen LogP contribution in [0.25, 0.3) is 0 Å². The highest BCUT2D eigenvalue weighted by atomic mass is 16.5. The Morgan fingerprint density at radius 1 is 0.865 bits per heavy atom. The second kappa shape index (κ2) is 12.4. The normalized spacial score (nSPS) is 11.1. The molecule has 0 saturated heterocycles. The molecule has 3 aromatic carbocycles. The van der Waals surface area contributed by atoms with Gasteiger partial charge in [0.1, 0.15) is 0 Å². The lowest BCUT2D eigenvalue weighted by Crippen LogP contribution is -2.33. The number of nitrogens with zero attached hydrogens (tertiary/aromatic N) is 1. The molecule has 0 unspecified atom stereocenters. The van der Waals surface area contributed by atoms with Gasteiger partial charge in [-0.1, -0.05) is 63.2 Å². The first-order valence-corrected chi connectivity index (χ1v) is 12.3. The van der Waals surface area contributed by atoms with Gasteiger partial charge in [0.05, 0.1) is 14.2 Å². The molecule has 3 N–H and O–H groups in total. The van der Waals surface area contributed by atoms with Crippen LogP contribution in [0.5, 0.6) is 11.5 Å². The summed E-state index contributed by atoms with van der Waals surface area (Å²) in [5, 5.41) is 3.00. The first-order valence-electron chi connectivity index (χ1n) is 12.3. The van der Waals surface area contributed by atoms with Crippen LogP contribution in [0.3, 0.4) is 0 Å². The van der Waals surface area contributed by atoms with E-state index in [0.717, 1.165) is 16.7 Å². The second-order valence-electron chi connectivity index (χ2n) is 10.2. The van der Waals surface area contributed by atoms with E-state index in [1.807, 2.05) is 53.4 Å². The third-order valence-corrected chi connectivity index (χ3v) is 5.91. The Bertz CT molecular complexity index is 1230.